The van der Waals surface area contributed by atoms with Gasteiger partial charge in [-0.3, -0.25) is 86.4 Å². The fourth-order valence-corrected chi connectivity index (χ4v) is 11.8. The molecule has 0 unspecified atom stereocenters. The number of carboxylic acid groups (broad SMARTS) is 3. The molecule has 0 saturated heterocycles. The summed E-state index contributed by atoms with van der Waals surface area (Å²) in [5, 5.41) is 67.5. The number of carbonyl (C=O) groups is 17. The number of unbranched alkanes of at least 4 members (excludes halogenated alkanes) is 2. The summed E-state index contributed by atoms with van der Waals surface area (Å²) in [5.74, 6) is -18.8. The molecule has 2 rings (SSSR count). The number of hydrogen-bond donors (Lipinski definition) is 23. The Labute approximate surface area is 661 Å². The average Bonchev–Trinajstić information content (AvgIpc) is 0.861. The van der Waals surface area contributed by atoms with Gasteiger partial charge in [0.2, 0.25) is 82.7 Å². The lowest BCUT2D eigenvalue weighted by atomic mass is 10.0. The Bertz CT molecular complexity index is 3580. The van der Waals surface area contributed by atoms with E-state index in [1.54, 1.807) is 74.5 Å². The molecule has 0 aliphatic heterocycles. The van der Waals surface area contributed by atoms with Crippen LogP contribution in [-0.4, -0.2) is 236 Å². The van der Waals surface area contributed by atoms with Crippen molar-refractivity contribution in [1.29, 1.82) is 0 Å². The number of aliphatic carboxylic acids is 3. The predicted molar refractivity (Wildman–Crippen MR) is 414 cm³/mol. The number of primary amides is 1. The Kier molecular flexibility index (Phi) is 45.0. The van der Waals surface area contributed by atoms with Crippen molar-refractivity contribution < 1.29 is 102 Å². The third-order valence-electron chi connectivity index (χ3n) is 16.8. The number of rotatable bonds is 55. The van der Waals surface area contributed by atoms with Gasteiger partial charge in [0.05, 0.1) is 10.9 Å². The van der Waals surface area contributed by atoms with E-state index >= 15 is 0 Å². The second-order valence-electron chi connectivity index (χ2n) is 26.9. The highest BCUT2D eigenvalue weighted by atomic mass is 32.2. The first-order valence-corrected chi connectivity index (χ1v) is 38.1. The second-order valence-corrected chi connectivity index (χ2v) is 29.2. The van der Waals surface area contributed by atoms with E-state index in [-0.39, 0.29) is 95.6 Å². The van der Waals surface area contributed by atoms with Crippen molar-refractivity contribution in [2.45, 2.75) is 228 Å². The van der Waals surface area contributed by atoms with Gasteiger partial charge in [0, 0.05) is 58.2 Å². The van der Waals surface area contributed by atoms with Gasteiger partial charge in [0.25, 0.3) is 0 Å². The third-order valence-corrected chi connectivity index (χ3v) is 18.9. The minimum absolute atomic E-state index is 0.0223. The lowest BCUT2D eigenvalue weighted by molar-refractivity contribution is -0.142. The largest absolute Gasteiger partial charge is 0.481 e. The van der Waals surface area contributed by atoms with E-state index < -0.39 is 222 Å². The summed E-state index contributed by atoms with van der Waals surface area (Å²) in [6, 6.07) is -3.49. The molecule has 0 aromatic heterocycles. The van der Waals surface area contributed by atoms with Crippen LogP contribution >= 0.6 is 23.9 Å². The van der Waals surface area contributed by atoms with E-state index in [1.807, 2.05) is 0 Å². The minimum Gasteiger partial charge on any atom is -0.481 e. The average molecular weight is 1630 g/mol. The molecule has 29 N–H and O–H groups in total. The minimum atomic E-state index is -1.97. The van der Waals surface area contributed by atoms with Crippen LogP contribution in [0.3, 0.4) is 0 Å². The number of nitrogens with one attached hydrogen (secondary N) is 13. The summed E-state index contributed by atoms with van der Waals surface area (Å²) in [4.78, 5) is 233. The number of aliphatic imine (C=N–C) groups is 1. The van der Waals surface area contributed by atoms with Crippen molar-refractivity contribution in [2.75, 3.05) is 25.4 Å². The van der Waals surface area contributed by atoms with Crippen LogP contribution in [0.5, 0.6) is 0 Å². The normalized spacial score (nSPS) is 14.5. The number of carboxylic acids is 3. The second kappa shape index (κ2) is 51.7. The molecule has 0 spiro atoms. The van der Waals surface area contributed by atoms with Crippen molar-refractivity contribution in [3.8, 4) is 0 Å². The van der Waals surface area contributed by atoms with Crippen LogP contribution in [0, 0.1) is 0 Å². The zero-order valence-corrected chi connectivity index (χ0v) is 65.5. The number of guanidine groups is 1. The molecule has 13 atom stereocenters. The fourth-order valence-electron chi connectivity index (χ4n) is 10.5. The van der Waals surface area contributed by atoms with Crippen LogP contribution in [0.15, 0.2) is 65.7 Å². The van der Waals surface area contributed by atoms with Gasteiger partial charge in [0.1, 0.15) is 72.5 Å². The monoisotopic (exact) mass is 1630 g/mol. The van der Waals surface area contributed by atoms with Crippen molar-refractivity contribution in [3.05, 3.63) is 71.8 Å². The third kappa shape index (κ3) is 39.3. The van der Waals surface area contributed by atoms with E-state index in [0.717, 1.165) is 18.9 Å². The van der Waals surface area contributed by atoms with Crippen molar-refractivity contribution in [3.63, 3.8) is 0 Å². The lowest BCUT2D eigenvalue weighted by Crippen LogP contribution is -2.62. The number of amides is 14. The molecule has 41 nitrogen and oxygen atoms in total. The molecule has 0 bridgehead atoms. The maximum absolute atomic E-state index is 14.8. The van der Waals surface area contributed by atoms with Gasteiger partial charge in [-0.2, -0.15) is 0 Å². The molecule has 2 aromatic rings. The van der Waals surface area contributed by atoms with Crippen molar-refractivity contribution >= 4 is 130 Å². The summed E-state index contributed by atoms with van der Waals surface area (Å²) in [6.07, 6.45) is -6.26. The van der Waals surface area contributed by atoms with Gasteiger partial charge in [-0.15, -0.1) is 0 Å². The van der Waals surface area contributed by atoms with Crippen molar-refractivity contribution in [2.24, 2.45) is 39.4 Å². The first kappa shape index (κ1) is 98.3. The van der Waals surface area contributed by atoms with Gasteiger partial charge < -0.3 is 118 Å². The number of carbonyl (C=O) groups excluding carboxylic acids is 14. The van der Waals surface area contributed by atoms with E-state index in [0.29, 0.717) is 23.1 Å². The first-order valence-electron chi connectivity index (χ1n) is 36.3. The SMILES string of the molecule is CC(=O)NSC[C@H](NC(=O)[C@H](Cc1ccccc1)NC(=O)[C@@H](NC(=O)[C@H](CCC(=O)O)NC(=O)[C@H](CCCCN)NC(=O)[C@H](CCC(=O)O)NC(=O)[C@H](CCCCN)NC(=O)[C@H](CCCN=C(N)N)NC(=O)[C@H](Cc1ccccc1)NC(=O)[C@H](CCC(N)=O)NC(=O)[C@H](C)NC(=O)[C@H](N)C(C)(C)SNC(C)=O)[C@@H](C)O)C(=O)O. The highest BCUT2D eigenvalue weighted by Gasteiger charge is 2.40. The molecule has 0 radical (unpaired) electrons. The summed E-state index contributed by atoms with van der Waals surface area (Å²) in [5.41, 5.74) is 35.4. The molecule has 43 heteroatoms. The summed E-state index contributed by atoms with van der Waals surface area (Å²) < 4.78 is 3.75. The van der Waals surface area contributed by atoms with Gasteiger partial charge in [-0.05, 0) is 146 Å². The maximum atomic E-state index is 14.8. The van der Waals surface area contributed by atoms with Crippen LogP contribution in [0.4, 0.5) is 0 Å². The molecule has 2 aromatic carbocycles. The first-order chi connectivity index (χ1) is 53.2. The predicted octanol–water partition coefficient (Wildman–Crippen LogP) is -5.73. The van der Waals surface area contributed by atoms with Gasteiger partial charge in [-0.1, -0.05) is 60.7 Å². The summed E-state index contributed by atoms with van der Waals surface area (Å²) in [7, 11) is 0. The zero-order chi connectivity index (χ0) is 85.1. The molecule has 113 heavy (non-hydrogen) atoms. The summed E-state index contributed by atoms with van der Waals surface area (Å²) in [6.45, 7) is 7.95. The molecule has 628 valence electrons. The molecule has 0 aliphatic rings. The topological polar surface area (TPSA) is 696 Å². The standard InChI is InChI=1S/C70H110N20O21S2/c1-37(78-67(109)56(74)70(5,6)113-90-40(4)93)57(99)79-46(25-28-52(73)94)62(104)85-49(34-41-18-9-7-10-19-41)64(106)82-45(24-17-33-77-69(75)76)60(102)80-43(22-13-15-31-71)58(100)83-47(26-29-53(95)96)61(103)81-44(23-14-16-32-72)59(101)84-48(27-30-54(97)98)63(105)88-55(38(2)91)66(108)86-50(35-42-20-11-8-12-21-42)65(107)87-51(68(110)111)36-112-89-39(3)92/h7-12,18-21,37-38,43-51,55-56,91H,13-17,22-36,71-72,74H2,1-6H3,(H2,73,94)(H,78,109)(H,79,99)(H,80,102)(H,81,103)(H,82,106)(H,83,100)(H,84,101)(H,85,104)(H,86,108)(H,87,107)(H,88,105)(H,89,92)(H,90,93)(H,95,96)(H,97,98)(H,110,111)(H4,75,76,77)/t37-,38+,43-,44-,45-,46-,47-,48-,49-,50-,51-,55-,56-/m0/s1. The lowest BCUT2D eigenvalue weighted by Gasteiger charge is -2.30. The molecule has 0 fully saturated rings. The maximum Gasteiger partial charge on any atom is 0.327 e. The smallest absolute Gasteiger partial charge is 0.327 e. The highest BCUT2D eigenvalue weighted by Crippen LogP contribution is 2.25. The number of nitrogens with two attached hydrogens (primary N) is 6. The van der Waals surface area contributed by atoms with Crippen LogP contribution < -0.4 is 102 Å². The Hall–Kier alpha value is -10.8. The molecule has 0 aliphatic carbocycles. The van der Waals surface area contributed by atoms with Crippen molar-refractivity contribution in [1.82, 2.24) is 67.9 Å². The molecular weight excluding hydrogens is 1520 g/mol. The summed E-state index contributed by atoms with van der Waals surface area (Å²) >= 11 is 1.55. The number of hydrogen-bond acceptors (Lipinski definition) is 24. The van der Waals surface area contributed by atoms with Gasteiger partial charge >= 0.3 is 17.9 Å². The number of aliphatic hydroxyl groups excluding tert-OH is 1. The highest BCUT2D eigenvalue weighted by molar-refractivity contribution is 7.99. The number of aliphatic hydroxyl groups is 1. The van der Waals surface area contributed by atoms with E-state index in [9.17, 15) is 102 Å². The van der Waals surface area contributed by atoms with E-state index in [1.165, 1.54) is 20.8 Å². The molecule has 0 heterocycles. The van der Waals surface area contributed by atoms with Crippen LogP contribution in [0.25, 0.3) is 0 Å². The van der Waals surface area contributed by atoms with Gasteiger partial charge in [0.15, 0.2) is 5.96 Å². The quantitative estimate of drug-likeness (QED) is 0.0127. The fraction of sp³-hybridized carbons (Fsp3) is 0.571. The Morgan fingerprint density at radius 3 is 1.16 bits per heavy atom. The van der Waals surface area contributed by atoms with E-state index in [2.05, 4.69) is 72.9 Å². The van der Waals surface area contributed by atoms with Crippen LogP contribution in [-0.2, 0) is 94.3 Å². The van der Waals surface area contributed by atoms with Crippen LogP contribution in [0.2, 0.25) is 0 Å². The molecular formula is C70H110N20O21S2. The zero-order valence-electron chi connectivity index (χ0n) is 63.9. The van der Waals surface area contributed by atoms with Gasteiger partial charge in [-0.25, -0.2) is 4.79 Å². The Balaban J connectivity index is 2.64. The Morgan fingerprint density at radius 2 is 0.788 bits per heavy atom. The number of benzene rings is 2. The van der Waals surface area contributed by atoms with E-state index in [4.69, 9.17) is 34.4 Å². The molecule has 0 saturated carbocycles. The van der Waals surface area contributed by atoms with Crippen LogP contribution in [0.1, 0.15) is 143 Å². The Morgan fingerprint density at radius 1 is 0.434 bits per heavy atom. The number of nitrogens with zero attached hydrogens (tertiary/aromatic N) is 1. The molecule has 14 amide bonds.